The molecule has 0 unspecified atom stereocenters. The van der Waals surface area contributed by atoms with Crippen molar-refractivity contribution in [3.05, 3.63) is 11.8 Å². The summed E-state index contributed by atoms with van der Waals surface area (Å²) in [5.74, 6) is -0.836. The van der Waals surface area contributed by atoms with Crippen LogP contribution in [0, 0.1) is 0 Å². The lowest BCUT2D eigenvalue weighted by Gasteiger charge is -2.09. The Hall–Kier alpha value is -1.52. The summed E-state index contributed by atoms with van der Waals surface area (Å²) in [6.45, 7) is 2.06. The highest BCUT2D eigenvalue weighted by molar-refractivity contribution is 5.96. The fourth-order valence-corrected chi connectivity index (χ4v) is 0.915. The number of hydrogen-bond donors (Lipinski definition) is 2. The average molecular weight is 184 g/mol. The van der Waals surface area contributed by atoms with E-state index in [1.54, 1.807) is 0 Å². The minimum Gasteiger partial charge on any atom is -0.500 e. The maximum Gasteiger partial charge on any atom is 0.251 e. The van der Waals surface area contributed by atoms with E-state index in [1.807, 2.05) is 0 Å². The van der Waals surface area contributed by atoms with Crippen molar-refractivity contribution in [2.45, 2.75) is 19.4 Å². The van der Waals surface area contributed by atoms with Crippen LogP contribution in [0.1, 0.15) is 13.3 Å². The number of amides is 2. The molecule has 0 aliphatic carbocycles. The lowest BCUT2D eigenvalue weighted by atomic mass is 10.2. The zero-order valence-corrected chi connectivity index (χ0v) is 7.37. The Bertz CT molecular complexity index is 260. The summed E-state index contributed by atoms with van der Waals surface area (Å²) in [6, 6.07) is -0.644. The second-order valence-electron chi connectivity index (χ2n) is 2.86. The molecular formula is C8H12N2O3. The van der Waals surface area contributed by atoms with Crippen LogP contribution >= 0.6 is 0 Å². The van der Waals surface area contributed by atoms with Gasteiger partial charge in [0.05, 0.1) is 18.4 Å². The molecule has 72 valence electrons. The number of carbonyl (C=O) groups is 2. The Morgan fingerprint density at radius 2 is 2.38 bits per heavy atom. The molecule has 5 nitrogen and oxygen atoms in total. The first-order chi connectivity index (χ1) is 6.11. The van der Waals surface area contributed by atoms with Crippen molar-refractivity contribution in [2.75, 3.05) is 6.61 Å². The molecule has 0 saturated carbocycles. The van der Waals surface area contributed by atoms with Crippen molar-refractivity contribution in [1.82, 2.24) is 5.32 Å². The van der Waals surface area contributed by atoms with E-state index in [4.69, 9.17) is 10.5 Å². The Labute approximate surface area is 75.9 Å². The van der Waals surface area contributed by atoms with Crippen molar-refractivity contribution in [2.24, 2.45) is 5.73 Å². The monoisotopic (exact) mass is 184 g/mol. The molecule has 0 spiro atoms. The van der Waals surface area contributed by atoms with Gasteiger partial charge in [-0.2, -0.15) is 0 Å². The molecule has 0 radical (unpaired) electrons. The van der Waals surface area contributed by atoms with Gasteiger partial charge in [-0.25, -0.2) is 0 Å². The molecule has 0 bridgehead atoms. The summed E-state index contributed by atoms with van der Waals surface area (Å²) < 4.78 is 4.88. The number of nitrogens with one attached hydrogen (secondary N) is 1. The molecule has 0 fully saturated rings. The number of nitrogens with two attached hydrogens (primary N) is 1. The first-order valence-electron chi connectivity index (χ1n) is 4.02. The minimum absolute atomic E-state index is 0.288. The third-order valence-electron chi connectivity index (χ3n) is 1.78. The van der Waals surface area contributed by atoms with E-state index in [1.165, 1.54) is 13.2 Å². The van der Waals surface area contributed by atoms with Gasteiger partial charge in [0, 0.05) is 6.42 Å². The van der Waals surface area contributed by atoms with Crippen LogP contribution in [0.4, 0.5) is 0 Å². The summed E-state index contributed by atoms with van der Waals surface area (Å²) in [7, 11) is 0. The fourth-order valence-electron chi connectivity index (χ4n) is 0.915. The zero-order valence-electron chi connectivity index (χ0n) is 7.37. The van der Waals surface area contributed by atoms with Crippen LogP contribution < -0.4 is 11.1 Å². The predicted molar refractivity (Wildman–Crippen MR) is 45.5 cm³/mol. The smallest absolute Gasteiger partial charge is 0.251 e. The zero-order chi connectivity index (χ0) is 9.84. The summed E-state index contributed by atoms with van der Waals surface area (Å²) in [6.07, 6.45) is 1.99. The summed E-state index contributed by atoms with van der Waals surface area (Å²) in [4.78, 5) is 21.9. The van der Waals surface area contributed by atoms with Gasteiger partial charge in [-0.3, -0.25) is 9.59 Å². The Morgan fingerprint density at radius 1 is 1.69 bits per heavy atom. The van der Waals surface area contributed by atoms with Crippen LogP contribution in [-0.4, -0.2) is 24.5 Å². The molecule has 2 amide bonds. The van der Waals surface area contributed by atoms with Crippen molar-refractivity contribution >= 4 is 11.8 Å². The number of rotatable bonds is 3. The SMILES string of the molecule is C[C@H](NC(=O)C1=COCC1)C(N)=O. The van der Waals surface area contributed by atoms with E-state index < -0.39 is 11.9 Å². The highest BCUT2D eigenvalue weighted by Gasteiger charge is 2.18. The molecule has 1 rings (SSSR count). The van der Waals surface area contributed by atoms with Crippen LogP contribution in [0.5, 0.6) is 0 Å². The van der Waals surface area contributed by atoms with Crippen LogP contribution in [0.2, 0.25) is 0 Å². The van der Waals surface area contributed by atoms with Crippen LogP contribution in [0.3, 0.4) is 0 Å². The molecular weight excluding hydrogens is 172 g/mol. The number of carbonyl (C=O) groups excluding carboxylic acids is 2. The quantitative estimate of drug-likeness (QED) is 0.607. The van der Waals surface area contributed by atoms with Gasteiger partial charge in [0.25, 0.3) is 5.91 Å². The van der Waals surface area contributed by atoms with Gasteiger partial charge in [-0.05, 0) is 6.92 Å². The predicted octanol–water partition coefficient (Wildman–Crippen LogP) is -0.719. The Balaban J connectivity index is 2.45. The normalized spacial score (nSPS) is 17.2. The molecule has 1 heterocycles. The molecule has 1 atom stereocenters. The van der Waals surface area contributed by atoms with Gasteiger partial charge in [0.1, 0.15) is 6.04 Å². The van der Waals surface area contributed by atoms with E-state index in [2.05, 4.69) is 5.32 Å². The first-order valence-corrected chi connectivity index (χ1v) is 4.02. The molecule has 13 heavy (non-hydrogen) atoms. The lowest BCUT2D eigenvalue weighted by molar-refractivity contribution is -0.125. The highest BCUT2D eigenvalue weighted by Crippen LogP contribution is 2.09. The van der Waals surface area contributed by atoms with E-state index in [-0.39, 0.29) is 5.91 Å². The van der Waals surface area contributed by atoms with Gasteiger partial charge in [0.2, 0.25) is 5.91 Å². The van der Waals surface area contributed by atoms with Crippen molar-refractivity contribution in [3.8, 4) is 0 Å². The minimum atomic E-state index is -0.644. The molecule has 5 heteroatoms. The average Bonchev–Trinajstić information content (AvgIpc) is 2.55. The lowest BCUT2D eigenvalue weighted by Crippen LogP contribution is -2.42. The molecule has 1 aliphatic rings. The van der Waals surface area contributed by atoms with E-state index in [9.17, 15) is 9.59 Å². The summed E-state index contributed by atoms with van der Waals surface area (Å²) >= 11 is 0. The second-order valence-corrected chi connectivity index (χ2v) is 2.86. The van der Waals surface area contributed by atoms with Gasteiger partial charge in [0.15, 0.2) is 0 Å². The fraction of sp³-hybridized carbons (Fsp3) is 0.500. The van der Waals surface area contributed by atoms with Gasteiger partial charge >= 0.3 is 0 Å². The number of ether oxygens (including phenoxy) is 1. The third-order valence-corrected chi connectivity index (χ3v) is 1.78. The molecule has 0 aromatic carbocycles. The Kier molecular flexibility index (Phi) is 2.89. The second kappa shape index (κ2) is 3.93. The molecule has 0 aromatic rings. The third kappa shape index (κ3) is 2.47. The van der Waals surface area contributed by atoms with Crippen molar-refractivity contribution in [1.29, 1.82) is 0 Å². The van der Waals surface area contributed by atoms with Crippen LogP contribution in [0.15, 0.2) is 11.8 Å². The topological polar surface area (TPSA) is 81.4 Å². The van der Waals surface area contributed by atoms with Crippen molar-refractivity contribution < 1.29 is 14.3 Å². The summed E-state index contributed by atoms with van der Waals surface area (Å²) in [5, 5.41) is 2.46. The van der Waals surface area contributed by atoms with Crippen molar-refractivity contribution in [3.63, 3.8) is 0 Å². The largest absolute Gasteiger partial charge is 0.500 e. The van der Waals surface area contributed by atoms with Gasteiger partial charge in [-0.1, -0.05) is 0 Å². The Morgan fingerprint density at radius 3 is 2.85 bits per heavy atom. The number of hydrogen-bond acceptors (Lipinski definition) is 3. The van der Waals surface area contributed by atoms with Gasteiger partial charge in [-0.15, -0.1) is 0 Å². The maximum atomic E-state index is 11.3. The first kappa shape index (κ1) is 9.57. The van der Waals surface area contributed by atoms with Gasteiger partial charge < -0.3 is 15.8 Å². The summed E-state index contributed by atoms with van der Waals surface area (Å²) in [5.41, 5.74) is 5.53. The molecule has 0 aromatic heterocycles. The molecule has 0 saturated heterocycles. The molecule has 1 aliphatic heterocycles. The maximum absolute atomic E-state index is 11.3. The van der Waals surface area contributed by atoms with Crippen LogP contribution in [-0.2, 0) is 14.3 Å². The van der Waals surface area contributed by atoms with E-state index >= 15 is 0 Å². The van der Waals surface area contributed by atoms with E-state index in [0.717, 1.165) is 0 Å². The highest BCUT2D eigenvalue weighted by atomic mass is 16.5. The molecule has 3 N–H and O–H groups in total. The standard InChI is InChI=1S/C8H12N2O3/c1-5(7(9)11)10-8(12)6-2-3-13-4-6/h4-5H,2-3H2,1H3,(H2,9,11)(H,10,12)/t5-/m0/s1. The van der Waals surface area contributed by atoms with E-state index in [0.29, 0.717) is 18.6 Å². The van der Waals surface area contributed by atoms with Crippen LogP contribution in [0.25, 0.3) is 0 Å². The number of primary amides is 1.